The summed E-state index contributed by atoms with van der Waals surface area (Å²) in [5, 5.41) is 16.8. The second-order valence-electron chi connectivity index (χ2n) is 21.2. The minimum absolute atomic E-state index is 0.866. The fourth-order valence-electron chi connectivity index (χ4n) is 14.2. The molecule has 0 aliphatic rings. The lowest BCUT2D eigenvalue weighted by atomic mass is 9.97. The molecule has 0 aliphatic carbocycles. The van der Waals surface area contributed by atoms with Gasteiger partial charge in [-0.15, -0.1) is 0 Å². The van der Waals surface area contributed by atoms with Crippen LogP contribution in [0.5, 0.6) is 0 Å². The summed E-state index contributed by atoms with van der Waals surface area (Å²) in [5.74, 6) is 0. The molecule has 0 amide bonds. The second-order valence-corrected chi connectivity index (χ2v) is 21.2. The van der Waals surface area contributed by atoms with E-state index < -0.39 is 0 Å². The largest absolute Gasteiger partial charge is 0.309 e. The van der Waals surface area contributed by atoms with Gasteiger partial charge in [-0.1, -0.05) is 170 Å². The standard InChI is InChI=1S/C72H40N6/c1-3-19-45(20-4-1)75-59-31-13-11-25-51(59)55-37-43(33-35-61(55)75)49-27-15-29-53-63-47-23-9-7-17-41(47)39-57-65-71(77(67(49)53)69(57)63)73-66-58-40-42-18-8-10-24-48(42)64-54-30-16-28-50(68(54)78(70(58)64)72(66)74-65)44-34-36-62-56(38-44)52-26-12-14-32-60(52)76(62)46-21-5-2-6-22-46/h1-40H. The van der Waals surface area contributed by atoms with E-state index >= 15 is 0 Å². The Morgan fingerprint density at radius 1 is 0.256 bits per heavy atom. The highest BCUT2D eigenvalue weighted by Crippen LogP contribution is 2.49. The molecule has 0 bridgehead atoms. The van der Waals surface area contributed by atoms with Gasteiger partial charge in [-0.05, 0) is 105 Å². The summed E-state index contributed by atoms with van der Waals surface area (Å²) < 4.78 is 9.69. The van der Waals surface area contributed by atoms with Crippen molar-refractivity contribution in [3.05, 3.63) is 243 Å². The first-order chi connectivity index (χ1) is 38.7. The number of para-hydroxylation sites is 6. The van der Waals surface area contributed by atoms with Crippen molar-refractivity contribution in [3.8, 4) is 33.6 Å². The molecular formula is C72H40N6. The highest BCUT2D eigenvalue weighted by Gasteiger charge is 2.29. The van der Waals surface area contributed by atoms with Gasteiger partial charge in [-0.25, -0.2) is 9.97 Å². The van der Waals surface area contributed by atoms with Crippen LogP contribution < -0.4 is 0 Å². The Kier molecular flexibility index (Phi) is 7.65. The van der Waals surface area contributed by atoms with Gasteiger partial charge in [0, 0.05) is 76.4 Å². The van der Waals surface area contributed by atoms with Gasteiger partial charge in [-0.3, -0.25) is 8.80 Å². The number of hydrogen-bond acceptors (Lipinski definition) is 2. The quantitative estimate of drug-likeness (QED) is 0.176. The number of rotatable bonds is 4. The van der Waals surface area contributed by atoms with Gasteiger partial charge in [0.1, 0.15) is 11.0 Å². The number of fused-ring (bicyclic) bond motifs is 22. The van der Waals surface area contributed by atoms with Crippen LogP contribution in [0.25, 0.3) is 175 Å². The number of hydrogen-bond donors (Lipinski definition) is 0. The van der Waals surface area contributed by atoms with Crippen LogP contribution in [0.15, 0.2) is 243 Å². The van der Waals surface area contributed by atoms with E-state index in [9.17, 15) is 0 Å². The van der Waals surface area contributed by atoms with Crippen LogP contribution in [-0.2, 0) is 0 Å². The minimum Gasteiger partial charge on any atom is -0.309 e. The summed E-state index contributed by atoms with van der Waals surface area (Å²) in [4.78, 5) is 11.9. The molecule has 0 fully saturated rings. The highest BCUT2D eigenvalue weighted by molar-refractivity contribution is 6.35. The lowest BCUT2D eigenvalue weighted by Gasteiger charge is -2.10. The third-order valence-corrected chi connectivity index (χ3v) is 17.3. The van der Waals surface area contributed by atoms with E-state index in [0.29, 0.717) is 0 Å². The topological polar surface area (TPSA) is 44.5 Å². The fourth-order valence-corrected chi connectivity index (χ4v) is 14.2. The molecule has 78 heavy (non-hydrogen) atoms. The zero-order chi connectivity index (χ0) is 50.5. The van der Waals surface area contributed by atoms with Crippen molar-refractivity contribution in [1.29, 1.82) is 0 Å². The molecule has 0 radical (unpaired) electrons. The lowest BCUT2D eigenvalue weighted by molar-refractivity contribution is 1.18. The zero-order valence-corrected chi connectivity index (χ0v) is 41.8. The molecule has 0 aliphatic heterocycles. The average Bonchev–Trinajstić information content (AvgIpc) is 3.83. The first-order valence-electron chi connectivity index (χ1n) is 26.8. The van der Waals surface area contributed by atoms with Gasteiger partial charge >= 0.3 is 0 Å². The summed E-state index contributed by atoms with van der Waals surface area (Å²) in [7, 11) is 0. The van der Waals surface area contributed by atoms with Gasteiger partial charge in [0.25, 0.3) is 0 Å². The van der Waals surface area contributed by atoms with Crippen LogP contribution in [0.1, 0.15) is 0 Å². The van der Waals surface area contributed by atoms with Crippen LogP contribution in [-0.4, -0.2) is 27.9 Å². The third kappa shape index (κ3) is 5.07. The Balaban J connectivity index is 0.929. The number of nitrogens with zero attached hydrogens (tertiary/aromatic N) is 6. The van der Waals surface area contributed by atoms with Crippen LogP contribution in [0.2, 0.25) is 0 Å². The molecular weight excluding hydrogens is 949 g/mol. The van der Waals surface area contributed by atoms with Crippen molar-refractivity contribution in [3.63, 3.8) is 0 Å². The normalized spacial score (nSPS) is 12.6. The first kappa shape index (κ1) is 40.8. The summed E-state index contributed by atoms with van der Waals surface area (Å²) in [6.07, 6.45) is 0. The molecule has 7 heterocycles. The predicted octanol–water partition coefficient (Wildman–Crippen LogP) is 18.6. The number of benzene rings is 12. The molecule has 0 N–H and O–H groups in total. The maximum Gasteiger partial charge on any atom is 0.165 e. The maximum atomic E-state index is 5.96. The summed E-state index contributed by atoms with van der Waals surface area (Å²) in [6.45, 7) is 0. The van der Waals surface area contributed by atoms with Crippen molar-refractivity contribution in [2.24, 2.45) is 0 Å². The van der Waals surface area contributed by atoms with Crippen LogP contribution >= 0.6 is 0 Å². The van der Waals surface area contributed by atoms with Gasteiger partial charge in [0.2, 0.25) is 0 Å². The fraction of sp³-hybridized carbons (Fsp3) is 0. The van der Waals surface area contributed by atoms with Crippen LogP contribution in [0.3, 0.4) is 0 Å². The predicted molar refractivity (Wildman–Crippen MR) is 326 cm³/mol. The van der Waals surface area contributed by atoms with E-state index in [1.54, 1.807) is 0 Å². The maximum absolute atomic E-state index is 5.96. The second kappa shape index (κ2) is 14.6. The smallest absolute Gasteiger partial charge is 0.165 e. The van der Waals surface area contributed by atoms with Gasteiger partial charge < -0.3 is 9.13 Å². The van der Waals surface area contributed by atoms with Gasteiger partial charge in [-0.2, -0.15) is 0 Å². The Hall–Kier alpha value is -10.6. The molecule has 0 spiro atoms. The molecule has 0 unspecified atom stereocenters. The van der Waals surface area contributed by atoms with Crippen molar-refractivity contribution >= 4 is 142 Å². The molecule has 7 aromatic heterocycles. The third-order valence-electron chi connectivity index (χ3n) is 17.3. The molecule has 0 atom stereocenters. The molecule has 358 valence electrons. The zero-order valence-electron chi connectivity index (χ0n) is 41.8. The minimum atomic E-state index is 0.866. The Labute approximate surface area is 443 Å². The summed E-state index contributed by atoms with van der Waals surface area (Å²) in [6, 6.07) is 89.1. The van der Waals surface area contributed by atoms with E-state index in [-0.39, 0.29) is 0 Å². The van der Waals surface area contributed by atoms with Crippen molar-refractivity contribution in [1.82, 2.24) is 27.9 Å². The summed E-state index contributed by atoms with van der Waals surface area (Å²) >= 11 is 0. The van der Waals surface area contributed by atoms with E-state index in [1.807, 2.05) is 0 Å². The van der Waals surface area contributed by atoms with Crippen LogP contribution in [0, 0.1) is 0 Å². The molecule has 6 nitrogen and oxygen atoms in total. The highest BCUT2D eigenvalue weighted by atomic mass is 15.1. The average molecular weight is 989 g/mol. The Morgan fingerprint density at radius 3 is 1.10 bits per heavy atom. The molecule has 12 aromatic carbocycles. The van der Waals surface area contributed by atoms with Crippen molar-refractivity contribution in [2.45, 2.75) is 0 Å². The van der Waals surface area contributed by atoms with Gasteiger partial charge in [0.05, 0.1) is 44.1 Å². The molecule has 0 saturated carbocycles. The monoisotopic (exact) mass is 988 g/mol. The molecule has 19 aromatic rings. The first-order valence-corrected chi connectivity index (χ1v) is 26.8. The van der Waals surface area contributed by atoms with E-state index in [2.05, 4.69) is 261 Å². The Bertz CT molecular complexity index is 5440. The van der Waals surface area contributed by atoms with Crippen molar-refractivity contribution in [2.75, 3.05) is 0 Å². The van der Waals surface area contributed by atoms with Crippen molar-refractivity contribution < 1.29 is 0 Å². The lowest BCUT2D eigenvalue weighted by Crippen LogP contribution is -1.94. The van der Waals surface area contributed by atoms with Gasteiger partial charge in [0.15, 0.2) is 11.3 Å². The summed E-state index contributed by atoms with van der Waals surface area (Å²) in [5.41, 5.74) is 19.8. The SMILES string of the molecule is c1ccc(-n2c3ccccc3c3cc(-c4cccc5c6c7ccccc7cc7c8nc9c(nc8n(c45)c76)c4cc5ccccc5c5c6cccc(-c7ccc8c(c7)c7ccccc7n8-c7ccccc7)c6n9c45)ccc32)cc1. The molecule has 0 saturated heterocycles. The molecule has 19 rings (SSSR count). The van der Waals surface area contributed by atoms with E-state index in [1.165, 1.54) is 86.7 Å². The van der Waals surface area contributed by atoms with E-state index in [0.717, 1.165) is 88.8 Å². The van der Waals surface area contributed by atoms with E-state index in [4.69, 9.17) is 9.97 Å². The number of aromatic nitrogens is 6. The van der Waals surface area contributed by atoms with Crippen LogP contribution in [0.4, 0.5) is 0 Å². The molecule has 6 heteroatoms. The Morgan fingerprint density at radius 2 is 0.641 bits per heavy atom.